The molecule has 6 nitrogen and oxygen atoms in total. The molecule has 0 radical (unpaired) electrons. The van der Waals surface area contributed by atoms with Crippen LogP contribution in [0.25, 0.3) is 10.9 Å². The van der Waals surface area contributed by atoms with Gasteiger partial charge in [-0.3, -0.25) is 14.9 Å². The molecule has 1 aliphatic carbocycles. The summed E-state index contributed by atoms with van der Waals surface area (Å²) >= 11 is 0. The van der Waals surface area contributed by atoms with Gasteiger partial charge in [0.05, 0.1) is 10.4 Å². The van der Waals surface area contributed by atoms with Crippen LogP contribution < -0.4 is 10.9 Å². The number of nitrogens with one attached hydrogen (secondary N) is 1. The summed E-state index contributed by atoms with van der Waals surface area (Å²) in [7, 11) is 1.67. The van der Waals surface area contributed by atoms with Crippen LogP contribution in [0.4, 0.5) is 11.4 Å². The first kappa shape index (κ1) is 13.6. The van der Waals surface area contributed by atoms with Gasteiger partial charge in [0.15, 0.2) is 0 Å². The average Bonchev–Trinajstić information content (AvgIpc) is 3.24. The Hall–Kier alpha value is -2.37. The van der Waals surface area contributed by atoms with E-state index in [1.165, 1.54) is 22.8 Å². The van der Waals surface area contributed by atoms with E-state index in [0.717, 1.165) is 19.3 Å². The van der Waals surface area contributed by atoms with Gasteiger partial charge < -0.3 is 9.88 Å². The molecule has 2 aromatic rings. The number of aromatic nitrogens is 1. The fourth-order valence-electron chi connectivity index (χ4n) is 2.67. The maximum atomic E-state index is 12.1. The van der Waals surface area contributed by atoms with Gasteiger partial charge in [-0.05, 0) is 25.3 Å². The molecule has 0 bridgehead atoms. The van der Waals surface area contributed by atoms with E-state index < -0.39 is 4.92 Å². The van der Waals surface area contributed by atoms with Crippen molar-refractivity contribution in [2.75, 3.05) is 5.32 Å². The van der Waals surface area contributed by atoms with Gasteiger partial charge in [0.2, 0.25) is 0 Å². The first-order valence-corrected chi connectivity index (χ1v) is 7.02. The molecule has 0 unspecified atom stereocenters. The minimum Gasteiger partial charge on any atom is -0.379 e. The minimum absolute atomic E-state index is 0.0329. The van der Waals surface area contributed by atoms with Crippen LogP contribution in [0.1, 0.15) is 26.2 Å². The molecule has 0 atom stereocenters. The molecule has 0 spiro atoms. The molecule has 1 N–H and O–H groups in total. The molecule has 0 amide bonds. The lowest BCUT2D eigenvalue weighted by Gasteiger charge is -2.19. The van der Waals surface area contributed by atoms with Gasteiger partial charge in [0, 0.05) is 41.9 Å². The van der Waals surface area contributed by atoms with Crippen molar-refractivity contribution in [3.63, 3.8) is 0 Å². The number of nitrogens with zero attached hydrogens (tertiary/aromatic N) is 2. The lowest BCUT2D eigenvalue weighted by Crippen LogP contribution is -2.23. The second-order valence-corrected chi connectivity index (χ2v) is 5.67. The molecule has 1 fully saturated rings. The standard InChI is InChI=1S/C15H17N3O3/c1-3-15(6-7-15)16-12-9-14(19)17(2)13-5-4-10(18(20)21)8-11(12)13/h4-5,8-9,16H,3,6-7H2,1-2H3. The molecular formula is C15H17N3O3. The maximum absolute atomic E-state index is 12.1. The molecule has 21 heavy (non-hydrogen) atoms. The third kappa shape index (κ3) is 2.26. The van der Waals surface area contributed by atoms with Gasteiger partial charge in [0.1, 0.15) is 0 Å². The summed E-state index contributed by atoms with van der Waals surface area (Å²) in [4.78, 5) is 22.6. The molecule has 0 aliphatic heterocycles. The number of nitro benzene ring substituents is 1. The molecular weight excluding hydrogens is 270 g/mol. The van der Waals surface area contributed by atoms with Crippen LogP contribution >= 0.6 is 0 Å². The first-order valence-electron chi connectivity index (χ1n) is 7.02. The number of rotatable bonds is 4. The number of fused-ring (bicyclic) bond motifs is 1. The zero-order valence-corrected chi connectivity index (χ0v) is 12.0. The Kier molecular flexibility index (Phi) is 2.97. The monoisotopic (exact) mass is 287 g/mol. The number of aryl methyl sites for hydroxylation is 1. The molecule has 1 aromatic heterocycles. The number of pyridine rings is 1. The van der Waals surface area contributed by atoms with Crippen LogP contribution in [-0.2, 0) is 7.05 Å². The summed E-state index contributed by atoms with van der Waals surface area (Å²) < 4.78 is 1.51. The Bertz CT molecular complexity index is 791. The molecule has 1 aliphatic rings. The predicted molar refractivity (Wildman–Crippen MR) is 81.7 cm³/mol. The highest BCUT2D eigenvalue weighted by Crippen LogP contribution is 2.42. The number of benzene rings is 1. The Balaban J connectivity index is 2.21. The SMILES string of the molecule is CCC1(Nc2cc(=O)n(C)c3ccc([N+](=O)[O-])cc23)CC1. The topological polar surface area (TPSA) is 77.2 Å². The van der Waals surface area contributed by atoms with Crippen molar-refractivity contribution in [2.24, 2.45) is 7.05 Å². The van der Waals surface area contributed by atoms with E-state index in [4.69, 9.17) is 0 Å². The van der Waals surface area contributed by atoms with Crippen molar-refractivity contribution in [3.8, 4) is 0 Å². The van der Waals surface area contributed by atoms with Crippen LogP contribution in [0.3, 0.4) is 0 Å². The number of anilines is 1. The molecule has 3 rings (SSSR count). The minimum atomic E-state index is -0.416. The summed E-state index contributed by atoms with van der Waals surface area (Å²) in [5.74, 6) is 0. The largest absolute Gasteiger partial charge is 0.379 e. The Morgan fingerprint density at radius 1 is 1.38 bits per heavy atom. The Morgan fingerprint density at radius 3 is 2.67 bits per heavy atom. The van der Waals surface area contributed by atoms with E-state index in [-0.39, 0.29) is 16.8 Å². The van der Waals surface area contributed by atoms with Crippen molar-refractivity contribution in [2.45, 2.75) is 31.7 Å². The molecule has 6 heteroatoms. The molecule has 1 aromatic carbocycles. The highest BCUT2D eigenvalue weighted by atomic mass is 16.6. The first-order chi connectivity index (χ1) is 9.96. The molecule has 0 saturated heterocycles. The summed E-state index contributed by atoms with van der Waals surface area (Å²) in [6.45, 7) is 2.10. The van der Waals surface area contributed by atoms with Crippen LogP contribution in [0.5, 0.6) is 0 Å². The summed E-state index contributed by atoms with van der Waals surface area (Å²) in [6.07, 6.45) is 3.10. The second kappa shape index (κ2) is 4.58. The van der Waals surface area contributed by atoms with Crippen molar-refractivity contribution in [1.29, 1.82) is 0 Å². The summed E-state index contributed by atoms with van der Waals surface area (Å²) in [6, 6.07) is 6.12. The van der Waals surface area contributed by atoms with Crippen LogP contribution in [-0.4, -0.2) is 15.0 Å². The van der Waals surface area contributed by atoms with Crippen molar-refractivity contribution in [3.05, 3.63) is 44.7 Å². The quantitative estimate of drug-likeness (QED) is 0.693. The third-order valence-corrected chi connectivity index (χ3v) is 4.37. The average molecular weight is 287 g/mol. The predicted octanol–water partition coefficient (Wildman–Crippen LogP) is 2.80. The van der Waals surface area contributed by atoms with E-state index in [9.17, 15) is 14.9 Å². The Labute approximate surface area is 121 Å². The molecule has 110 valence electrons. The summed E-state index contributed by atoms with van der Waals surface area (Å²) in [5.41, 5.74) is 1.35. The smallest absolute Gasteiger partial charge is 0.270 e. The van der Waals surface area contributed by atoms with E-state index in [1.807, 2.05) is 0 Å². The fraction of sp³-hybridized carbons (Fsp3) is 0.400. The maximum Gasteiger partial charge on any atom is 0.270 e. The summed E-state index contributed by atoms with van der Waals surface area (Å²) in [5, 5.41) is 15.1. The number of non-ortho nitro benzene ring substituents is 1. The van der Waals surface area contributed by atoms with Gasteiger partial charge in [0.25, 0.3) is 11.2 Å². The van der Waals surface area contributed by atoms with Gasteiger partial charge in [-0.1, -0.05) is 6.92 Å². The lowest BCUT2D eigenvalue weighted by atomic mass is 10.1. The van der Waals surface area contributed by atoms with Gasteiger partial charge >= 0.3 is 0 Å². The van der Waals surface area contributed by atoms with Gasteiger partial charge in [-0.15, -0.1) is 0 Å². The Morgan fingerprint density at radius 2 is 2.10 bits per heavy atom. The van der Waals surface area contributed by atoms with Crippen LogP contribution in [0.15, 0.2) is 29.1 Å². The molecule has 1 saturated carbocycles. The van der Waals surface area contributed by atoms with Crippen molar-refractivity contribution >= 4 is 22.3 Å². The lowest BCUT2D eigenvalue weighted by molar-refractivity contribution is -0.384. The van der Waals surface area contributed by atoms with Gasteiger partial charge in [-0.25, -0.2) is 0 Å². The van der Waals surface area contributed by atoms with Crippen LogP contribution in [0.2, 0.25) is 0 Å². The zero-order chi connectivity index (χ0) is 15.2. The van der Waals surface area contributed by atoms with E-state index in [2.05, 4.69) is 12.2 Å². The van der Waals surface area contributed by atoms with E-state index >= 15 is 0 Å². The van der Waals surface area contributed by atoms with Gasteiger partial charge in [-0.2, -0.15) is 0 Å². The third-order valence-electron chi connectivity index (χ3n) is 4.37. The number of hydrogen-bond acceptors (Lipinski definition) is 4. The highest BCUT2D eigenvalue weighted by molar-refractivity contribution is 5.93. The van der Waals surface area contributed by atoms with E-state index in [0.29, 0.717) is 16.6 Å². The molecule has 1 heterocycles. The van der Waals surface area contributed by atoms with E-state index in [1.54, 1.807) is 13.1 Å². The van der Waals surface area contributed by atoms with Crippen molar-refractivity contribution < 1.29 is 4.92 Å². The fourth-order valence-corrected chi connectivity index (χ4v) is 2.67. The number of nitro groups is 1. The zero-order valence-electron chi connectivity index (χ0n) is 12.0. The van der Waals surface area contributed by atoms with Crippen molar-refractivity contribution in [1.82, 2.24) is 4.57 Å². The second-order valence-electron chi connectivity index (χ2n) is 5.67. The number of hydrogen-bond donors (Lipinski definition) is 1. The van der Waals surface area contributed by atoms with Crippen LogP contribution in [0, 0.1) is 10.1 Å². The normalized spacial score (nSPS) is 15.9. The highest BCUT2D eigenvalue weighted by Gasteiger charge is 2.40.